The molecule has 3 nitrogen and oxygen atoms in total. The summed E-state index contributed by atoms with van der Waals surface area (Å²) in [6, 6.07) is 4.49. The largest absolute Gasteiger partial charge is 0.481 e. The van der Waals surface area contributed by atoms with E-state index in [1.165, 1.54) is 19.2 Å². The SMILES string of the molecule is COC1(CC(=O)O)CCCc2cc(F)ccc21. The number of hydrogen-bond donors (Lipinski definition) is 1. The molecule has 0 radical (unpaired) electrons. The molecule has 1 aliphatic carbocycles. The van der Waals surface area contributed by atoms with Gasteiger partial charge in [-0.25, -0.2) is 4.39 Å². The summed E-state index contributed by atoms with van der Waals surface area (Å²) < 4.78 is 18.6. The summed E-state index contributed by atoms with van der Waals surface area (Å²) in [4.78, 5) is 11.0. The molecule has 0 bridgehead atoms. The van der Waals surface area contributed by atoms with Crippen molar-refractivity contribution >= 4 is 5.97 Å². The van der Waals surface area contributed by atoms with Gasteiger partial charge in [-0.3, -0.25) is 4.79 Å². The first kappa shape index (κ1) is 12.0. The smallest absolute Gasteiger partial charge is 0.306 e. The fraction of sp³-hybridized carbons (Fsp3) is 0.462. The fourth-order valence-electron chi connectivity index (χ4n) is 2.62. The number of aryl methyl sites for hydroxylation is 1. The van der Waals surface area contributed by atoms with E-state index in [2.05, 4.69) is 0 Å². The van der Waals surface area contributed by atoms with Crippen molar-refractivity contribution in [1.82, 2.24) is 0 Å². The molecule has 0 amide bonds. The van der Waals surface area contributed by atoms with Crippen LogP contribution in [0.2, 0.25) is 0 Å². The summed E-state index contributed by atoms with van der Waals surface area (Å²) in [6.07, 6.45) is 2.17. The second kappa shape index (κ2) is 4.45. The van der Waals surface area contributed by atoms with Crippen molar-refractivity contribution in [3.63, 3.8) is 0 Å². The zero-order valence-electron chi connectivity index (χ0n) is 9.70. The zero-order valence-corrected chi connectivity index (χ0v) is 9.70. The van der Waals surface area contributed by atoms with Crippen LogP contribution in [0.1, 0.15) is 30.4 Å². The van der Waals surface area contributed by atoms with Gasteiger partial charge in [0.1, 0.15) is 11.4 Å². The van der Waals surface area contributed by atoms with Crippen molar-refractivity contribution < 1.29 is 19.0 Å². The van der Waals surface area contributed by atoms with Crippen LogP contribution in [0.4, 0.5) is 4.39 Å². The molecule has 0 saturated carbocycles. The predicted molar refractivity (Wildman–Crippen MR) is 60.3 cm³/mol. The van der Waals surface area contributed by atoms with Crippen molar-refractivity contribution in [2.24, 2.45) is 0 Å². The minimum absolute atomic E-state index is 0.0812. The van der Waals surface area contributed by atoms with Crippen LogP contribution < -0.4 is 0 Å². The van der Waals surface area contributed by atoms with Gasteiger partial charge in [0, 0.05) is 7.11 Å². The second-order valence-electron chi connectivity index (χ2n) is 4.42. The molecule has 0 aromatic heterocycles. The highest BCUT2D eigenvalue weighted by molar-refractivity contribution is 5.69. The number of methoxy groups -OCH3 is 1. The lowest BCUT2D eigenvalue weighted by Crippen LogP contribution is -2.35. The Balaban J connectivity index is 2.47. The van der Waals surface area contributed by atoms with E-state index < -0.39 is 11.6 Å². The average molecular weight is 238 g/mol. The maximum Gasteiger partial charge on any atom is 0.306 e. The Labute approximate surface area is 99.2 Å². The summed E-state index contributed by atoms with van der Waals surface area (Å²) in [7, 11) is 1.52. The first-order chi connectivity index (χ1) is 8.07. The molecular weight excluding hydrogens is 223 g/mol. The van der Waals surface area contributed by atoms with Gasteiger partial charge in [-0.15, -0.1) is 0 Å². The summed E-state index contributed by atoms with van der Waals surface area (Å²) in [6.45, 7) is 0. The van der Waals surface area contributed by atoms with Gasteiger partial charge in [-0.2, -0.15) is 0 Å². The number of carboxylic acid groups (broad SMARTS) is 1. The Kier molecular flexibility index (Phi) is 3.15. The van der Waals surface area contributed by atoms with Gasteiger partial charge in [0.2, 0.25) is 0 Å². The maximum atomic E-state index is 13.2. The number of carbonyl (C=O) groups is 1. The molecule has 0 spiro atoms. The highest BCUT2D eigenvalue weighted by Gasteiger charge is 2.38. The Hall–Kier alpha value is -1.42. The third-order valence-corrected chi connectivity index (χ3v) is 3.41. The van der Waals surface area contributed by atoms with Gasteiger partial charge in [0.05, 0.1) is 6.42 Å². The normalized spacial score (nSPS) is 23.2. The molecule has 2 rings (SSSR count). The van der Waals surface area contributed by atoms with Crippen LogP contribution in [-0.4, -0.2) is 18.2 Å². The van der Waals surface area contributed by atoms with E-state index in [1.54, 1.807) is 6.07 Å². The molecule has 1 aliphatic rings. The molecule has 1 aromatic rings. The topological polar surface area (TPSA) is 46.5 Å². The quantitative estimate of drug-likeness (QED) is 0.880. The Bertz CT molecular complexity index is 444. The molecule has 0 aliphatic heterocycles. The zero-order chi connectivity index (χ0) is 12.5. The fourth-order valence-corrected chi connectivity index (χ4v) is 2.62. The van der Waals surface area contributed by atoms with Crippen LogP contribution in [0.15, 0.2) is 18.2 Å². The van der Waals surface area contributed by atoms with Gasteiger partial charge in [-0.05, 0) is 42.5 Å². The highest BCUT2D eigenvalue weighted by Crippen LogP contribution is 2.40. The van der Waals surface area contributed by atoms with E-state index in [0.29, 0.717) is 6.42 Å². The number of ether oxygens (including phenoxy) is 1. The minimum Gasteiger partial charge on any atom is -0.481 e. The van der Waals surface area contributed by atoms with Crippen molar-refractivity contribution in [3.8, 4) is 0 Å². The van der Waals surface area contributed by atoms with Crippen LogP contribution in [0.5, 0.6) is 0 Å². The van der Waals surface area contributed by atoms with E-state index in [0.717, 1.165) is 24.0 Å². The Morgan fingerprint density at radius 1 is 1.59 bits per heavy atom. The predicted octanol–water partition coefficient (Wildman–Crippen LogP) is 2.48. The Morgan fingerprint density at radius 2 is 2.35 bits per heavy atom. The standard InChI is InChI=1S/C13H15FO3/c1-17-13(8-12(15)16)6-2-3-9-7-10(14)4-5-11(9)13/h4-5,7H,2-3,6,8H2,1H3,(H,15,16). The van der Waals surface area contributed by atoms with Crippen LogP contribution in [0.3, 0.4) is 0 Å². The minimum atomic E-state index is -0.899. The molecule has 92 valence electrons. The van der Waals surface area contributed by atoms with E-state index >= 15 is 0 Å². The van der Waals surface area contributed by atoms with E-state index in [4.69, 9.17) is 9.84 Å². The second-order valence-corrected chi connectivity index (χ2v) is 4.42. The number of rotatable bonds is 3. The number of aliphatic carboxylic acids is 1. The summed E-state index contributed by atoms with van der Waals surface area (Å²) in [5, 5.41) is 8.99. The van der Waals surface area contributed by atoms with E-state index in [1.807, 2.05) is 0 Å². The molecule has 0 saturated heterocycles. The molecule has 1 aromatic carbocycles. The molecular formula is C13H15FO3. The lowest BCUT2D eigenvalue weighted by Gasteiger charge is -2.36. The third-order valence-electron chi connectivity index (χ3n) is 3.41. The number of hydrogen-bond acceptors (Lipinski definition) is 2. The monoisotopic (exact) mass is 238 g/mol. The number of carboxylic acids is 1. The summed E-state index contributed by atoms with van der Waals surface area (Å²) in [5.41, 5.74) is 0.877. The van der Waals surface area contributed by atoms with Crippen molar-refractivity contribution in [1.29, 1.82) is 0 Å². The molecule has 1 N–H and O–H groups in total. The summed E-state index contributed by atoms with van der Waals surface area (Å²) >= 11 is 0. The number of halogens is 1. The first-order valence-corrected chi connectivity index (χ1v) is 5.63. The van der Waals surface area contributed by atoms with Gasteiger partial charge >= 0.3 is 5.97 Å². The van der Waals surface area contributed by atoms with Gasteiger partial charge in [0.15, 0.2) is 0 Å². The highest BCUT2D eigenvalue weighted by atomic mass is 19.1. The maximum absolute atomic E-state index is 13.2. The van der Waals surface area contributed by atoms with Gasteiger partial charge < -0.3 is 9.84 Å². The lowest BCUT2D eigenvalue weighted by atomic mass is 9.77. The Morgan fingerprint density at radius 3 is 3.00 bits per heavy atom. The van der Waals surface area contributed by atoms with Crippen molar-refractivity contribution in [2.45, 2.75) is 31.3 Å². The van der Waals surface area contributed by atoms with Crippen LogP contribution in [0.25, 0.3) is 0 Å². The first-order valence-electron chi connectivity index (χ1n) is 5.63. The average Bonchev–Trinajstić information content (AvgIpc) is 2.28. The molecule has 0 fully saturated rings. The lowest BCUT2D eigenvalue weighted by molar-refractivity contribution is -0.145. The van der Waals surface area contributed by atoms with Crippen molar-refractivity contribution in [2.75, 3.05) is 7.11 Å². The molecule has 0 heterocycles. The van der Waals surface area contributed by atoms with Crippen LogP contribution in [-0.2, 0) is 21.6 Å². The number of fused-ring (bicyclic) bond motifs is 1. The molecule has 17 heavy (non-hydrogen) atoms. The van der Waals surface area contributed by atoms with E-state index in [-0.39, 0.29) is 12.2 Å². The van der Waals surface area contributed by atoms with Crippen LogP contribution in [0, 0.1) is 5.82 Å². The molecule has 1 atom stereocenters. The third kappa shape index (κ3) is 2.17. The van der Waals surface area contributed by atoms with Crippen LogP contribution >= 0.6 is 0 Å². The van der Waals surface area contributed by atoms with Gasteiger partial charge in [-0.1, -0.05) is 6.07 Å². The number of benzene rings is 1. The van der Waals surface area contributed by atoms with E-state index in [9.17, 15) is 9.18 Å². The summed E-state index contributed by atoms with van der Waals surface area (Å²) in [5.74, 6) is -1.19. The molecule has 1 unspecified atom stereocenters. The van der Waals surface area contributed by atoms with Crippen molar-refractivity contribution in [3.05, 3.63) is 35.1 Å². The van der Waals surface area contributed by atoms with Gasteiger partial charge in [0.25, 0.3) is 0 Å². The molecule has 4 heteroatoms.